The molecule has 1 atom stereocenters. The minimum Gasteiger partial charge on any atom is -0.494 e. The molecule has 0 aliphatic rings. The Hall–Kier alpha value is -3.68. The fourth-order valence-electron chi connectivity index (χ4n) is 2.76. The van der Waals surface area contributed by atoms with E-state index in [0.29, 0.717) is 16.9 Å². The van der Waals surface area contributed by atoms with Gasteiger partial charge in [-0.15, -0.1) is 0 Å². The van der Waals surface area contributed by atoms with E-state index < -0.39 is 11.9 Å². The summed E-state index contributed by atoms with van der Waals surface area (Å²) >= 11 is 0. The lowest BCUT2D eigenvalue weighted by molar-refractivity contribution is -0.119. The van der Waals surface area contributed by atoms with Crippen molar-refractivity contribution in [3.05, 3.63) is 72.3 Å². The van der Waals surface area contributed by atoms with Gasteiger partial charge in [0.2, 0.25) is 11.8 Å². The summed E-state index contributed by atoms with van der Waals surface area (Å²) in [7, 11) is 1.38. The normalized spacial score (nSPS) is 11.6. The Balaban J connectivity index is 1.61. The minimum atomic E-state index is -0.520. The van der Waals surface area contributed by atoms with Gasteiger partial charge < -0.3 is 15.4 Å². The number of nitrogens with one attached hydrogen (secondary N) is 2. The minimum absolute atomic E-state index is 0.00777. The maximum atomic E-state index is 13.8. The first kappa shape index (κ1) is 20.1. The van der Waals surface area contributed by atoms with Crippen LogP contribution in [0.3, 0.4) is 0 Å². The molecule has 2 aromatic carbocycles. The molecule has 0 aliphatic heterocycles. The summed E-state index contributed by atoms with van der Waals surface area (Å²) in [5, 5.41) is 9.60. The van der Waals surface area contributed by atoms with Crippen molar-refractivity contribution in [1.82, 2.24) is 9.78 Å². The van der Waals surface area contributed by atoms with E-state index >= 15 is 0 Å². The lowest BCUT2D eigenvalue weighted by atomic mass is 10.1. The molecule has 0 fully saturated rings. The van der Waals surface area contributed by atoms with Crippen LogP contribution in [0.25, 0.3) is 0 Å². The van der Waals surface area contributed by atoms with Crippen LogP contribution in [-0.4, -0.2) is 28.7 Å². The van der Waals surface area contributed by atoms with Gasteiger partial charge in [0.25, 0.3) is 0 Å². The van der Waals surface area contributed by atoms with Crippen molar-refractivity contribution in [2.24, 2.45) is 0 Å². The van der Waals surface area contributed by atoms with Gasteiger partial charge in [-0.3, -0.25) is 14.3 Å². The molecule has 0 spiro atoms. The van der Waals surface area contributed by atoms with Crippen LogP contribution >= 0.6 is 0 Å². The van der Waals surface area contributed by atoms with Gasteiger partial charge in [-0.1, -0.05) is 12.1 Å². The van der Waals surface area contributed by atoms with Gasteiger partial charge >= 0.3 is 0 Å². The van der Waals surface area contributed by atoms with Gasteiger partial charge in [0.05, 0.1) is 13.5 Å². The summed E-state index contributed by atoms with van der Waals surface area (Å²) in [6.45, 7) is 1.74. The smallest absolute Gasteiger partial charge is 0.248 e. The van der Waals surface area contributed by atoms with Gasteiger partial charge in [0, 0.05) is 23.8 Å². The number of nitrogens with zero attached hydrogens (tertiary/aromatic N) is 2. The summed E-state index contributed by atoms with van der Waals surface area (Å²) in [4.78, 5) is 24.6. The number of amides is 2. The van der Waals surface area contributed by atoms with Gasteiger partial charge in [0.15, 0.2) is 11.6 Å². The number of benzene rings is 2. The first-order valence-corrected chi connectivity index (χ1v) is 8.98. The highest BCUT2D eigenvalue weighted by molar-refractivity contribution is 5.96. The van der Waals surface area contributed by atoms with E-state index in [1.807, 2.05) is 0 Å². The molecule has 1 heterocycles. The maximum absolute atomic E-state index is 13.8. The topological polar surface area (TPSA) is 85.3 Å². The van der Waals surface area contributed by atoms with E-state index in [9.17, 15) is 14.0 Å². The summed E-state index contributed by atoms with van der Waals surface area (Å²) < 4.78 is 20.2. The molecule has 3 aromatic rings. The molecular weight excluding hydrogens is 375 g/mol. The predicted octanol–water partition coefficient (Wildman–Crippen LogP) is 3.41. The Kier molecular flexibility index (Phi) is 6.23. The summed E-state index contributed by atoms with van der Waals surface area (Å²) in [6, 6.07) is 12.5. The molecule has 0 radical (unpaired) electrons. The Morgan fingerprint density at radius 1 is 1.14 bits per heavy atom. The van der Waals surface area contributed by atoms with Crippen molar-refractivity contribution in [2.75, 3.05) is 17.7 Å². The van der Waals surface area contributed by atoms with Gasteiger partial charge in [-0.2, -0.15) is 5.10 Å². The summed E-state index contributed by atoms with van der Waals surface area (Å²) in [5.74, 6) is -0.926. The predicted molar refractivity (Wildman–Crippen MR) is 107 cm³/mol. The lowest BCUT2D eigenvalue weighted by Crippen LogP contribution is -2.24. The zero-order valence-electron chi connectivity index (χ0n) is 16.1. The highest BCUT2D eigenvalue weighted by atomic mass is 19.1. The summed E-state index contributed by atoms with van der Waals surface area (Å²) in [5.41, 5.74) is 1.59. The second kappa shape index (κ2) is 9.01. The SMILES string of the molecule is COc1ccc(CC(=O)Nc2cccc(NC(=O)C(C)n3cccn3)c2)cc1F. The molecule has 8 heteroatoms. The van der Waals surface area contributed by atoms with Crippen LogP contribution in [-0.2, 0) is 16.0 Å². The third-order valence-electron chi connectivity index (χ3n) is 4.30. The van der Waals surface area contributed by atoms with E-state index in [0.717, 1.165) is 0 Å². The van der Waals surface area contributed by atoms with Crippen LogP contribution in [0.1, 0.15) is 18.5 Å². The van der Waals surface area contributed by atoms with Crippen molar-refractivity contribution >= 4 is 23.2 Å². The molecule has 1 unspecified atom stereocenters. The molecule has 29 heavy (non-hydrogen) atoms. The van der Waals surface area contributed by atoms with Crippen LogP contribution < -0.4 is 15.4 Å². The van der Waals surface area contributed by atoms with Crippen molar-refractivity contribution in [3.63, 3.8) is 0 Å². The first-order valence-electron chi connectivity index (χ1n) is 8.98. The quantitative estimate of drug-likeness (QED) is 0.641. The number of carbonyl (C=O) groups excluding carboxylic acids is 2. The molecule has 0 saturated carbocycles. The van der Waals surface area contributed by atoms with Crippen molar-refractivity contribution in [3.8, 4) is 5.75 Å². The van der Waals surface area contributed by atoms with Crippen LogP contribution in [0.4, 0.5) is 15.8 Å². The maximum Gasteiger partial charge on any atom is 0.248 e. The number of hydrogen-bond acceptors (Lipinski definition) is 4. The molecule has 0 saturated heterocycles. The van der Waals surface area contributed by atoms with Crippen molar-refractivity contribution in [2.45, 2.75) is 19.4 Å². The standard InChI is InChI=1S/C21H21FN4O3/c1-14(26-10-4-9-23-26)21(28)25-17-6-3-5-16(13-17)24-20(27)12-15-7-8-19(29-2)18(22)11-15/h3-11,13-14H,12H2,1-2H3,(H,24,27)(H,25,28). The van der Waals surface area contributed by atoms with Crippen molar-refractivity contribution in [1.29, 1.82) is 0 Å². The number of aromatic nitrogens is 2. The average Bonchev–Trinajstić information content (AvgIpc) is 3.22. The van der Waals surface area contributed by atoms with E-state index in [1.54, 1.807) is 60.4 Å². The number of rotatable bonds is 7. The molecule has 2 amide bonds. The average molecular weight is 396 g/mol. The van der Waals surface area contributed by atoms with Gasteiger partial charge in [-0.05, 0) is 48.9 Å². The van der Waals surface area contributed by atoms with E-state index in [1.165, 1.54) is 19.2 Å². The number of hydrogen-bond donors (Lipinski definition) is 2. The second-order valence-electron chi connectivity index (χ2n) is 6.43. The van der Waals surface area contributed by atoms with E-state index in [-0.39, 0.29) is 24.0 Å². The Labute approximate surface area is 167 Å². The van der Waals surface area contributed by atoms with E-state index in [2.05, 4.69) is 15.7 Å². The number of carbonyl (C=O) groups is 2. The Bertz CT molecular complexity index is 1000. The zero-order valence-corrected chi connectivity index (χ0v) is 16.1. The monoisotopic (exact) mass is 396 g/mol. The third-order valence-corrected chi connectivity index (χ3v) is 4.30. The van der Waals surface area contributed by atoms with Crippen LogP contribution in [0.15, 0.2) is 60.9 Å². The number of ether oxygens (including phenoxy) is 1. The Morgan fingerprint density at radius 3 is 2.55 bits per heavy atom. The number of halogens is 1. The molecule has 2 N–H and O–H groups in total. The molecule has 7 nitrogen and oxygen atoms in total. The van der Waals surface area contributed by atoms with Crippen LogP contribution in [0.2, 0.25) is 0 Å². The fourth-order valence-corrected chi connectivity index (χ4v) is 2.76. The zero-order chi connectivity index (χ0) is 20.8. The largest absolute Gasteiger partial charge is 0.494 e. The highest BCUT2D eigenvalue weighted by Gasteiger charge is 2.15. The number of anilines is 2. The van der Waals surface area contributed by atoms with Crippen molar-refractivity contribution < 1.29 is 18.7 Å². The van der Waals surface area contributed by atoms with Gasteiger partial charge in [0.1, 0.15) is 6.04 Å². The lowest BCUT2D eigenvalue weighted by Gasteiger charge is -2.13. The van der Waals surface area contributed by atoms with E-state index in [4.69, 9.17) is 4.74 Å². The van der Waals surface area contributed by atoms with Crippen LogP contribution in [0, 0.1) is 5.82 Å². The third kappa shape index (κ3) is 5.19. The molecular formula is C21H21FN4O3. The van der Waals surface area contributed by atoms with Gasteiger partial charge in [-0.25, -0.2) is 4.39 Å². The molecule has 0 bridgehead atoms. The number of methoxy groups -OCH3 is 1. The fraction of sp³-hybridized carbons (Fsp3) is 0.190. The second-order valence-corrected chi connectivity index (χ2v) is 6.43. The summed E-state index contributed by atoms with van der Waals surface area (Å²) in [6.07, 6.45) is 3.32. The first-order chi connectivity index (χ1) is 14.0. The molecule has 3 rings (SSSR count). The van der Waals surface area contributed by atoms with Crippen LogP contribution in [0.5, 0.6) is 5.75 Å². The molecule has 0 aliphatic carbocycles. The molecule has 150 valence electrons. The highest BCUT2D eigenvalue weighted by Crippen LogP contribution is 2.20. The Morgan fingerprint density at radius 2 is 1.90 bits per heavy atom. The molecule has 1 aromatic heterocycles.